The van der Waals surface area contributed by atoms with Crippen LogP contribution in [0.3, 0.4) is 0 Å². The Kier molecular flexibility index (Phi) is 1.74. The minimum atomic E-state index is 1.20. The average Bonchev–Trinajstić information content (AvgIpc) is 2.12. The predicted octanol–water partition coefficient (Wildman–Crippen LogP) is 1.94. The van der Waals surface area contributed by atoms with E-state index in [4.69, 9.17) is 0 Å². The first-order valence-electron chi connectivity index (χ1n) is 3.99. The highest BCUT2D eigenvalue weighted by molar-refractivity contribution is 6.39. The van der Waals surface area contributed by atoms with E-state index >= 15 is 0 Å². The molecule has 0 aliphatic carbocycles. The lowest BCUT2D eigenvalue weighted by Crippen LogP contribution is -2.07. The number of fused-ring (bicyclic) bond motifs is 1. The standard InChI is InChI=1S/C11H9Si/c1-8-6-7-9-4-2-3-5-10(9)11(8)12/h2-7H,1H3. The maximum absolute atomic E-state index is 3.63. The molecule has 57 valence electrons. The molecule has 0 heterocycles. The lowest BCUT2D eigenvalue weighted by molar-refractivity contribution is 1.54. The van der Waals surface area contributed by atoms with Crippen LogP contribution in [0.5, 0.6) is 0 Å². The molecule has 0 saturated heterocycles. The molecule has 12 heavy (non-hydrogen) atoms. The Labute approximate surface area is 75.6 Å². The summed E-state index contributed by atoms with van der Waals surface area (Å²) in [5.74, 6) is 0. The SMILES string of the molecule is Cc1ccc2ccccc2c1[Si]. The zero-order valence-corrected chi connectivity index (χ0v) is 7.96. The van der Waals surface area contributed by atoms with E-state index in [9.17, 15) is 0 Å². The molecule has 0 spiro atoms. The van der Waals surface area contributed by atoms with Gasteiger partial charge in [0.2, 0.25) is 0 Å². The first kappa shape index (κ1) is 7.56. The van der Waals surface area contributed by atoms with Gasteiger partial charge in [-0.3, -0.25) is 0 Å². The third-order valence-electron chi connectivity index (χ3n) is 2.14. The summed E-state index contributed by atoms with van der Waals surface area (Å²) in [6, 6.07) is 12.6. The van der Waals surface area contributed by atoms with Crippen molar-refractivity contribution >= 4 is 26.2 Å². The summed E-state index contributed by atoms with van der Waals surface area (Å²) in [7, 11) is 3.63. The molecule has 0 amide bonds. The second-order valence-corrected chi connectivity index (χ2v) is 3.48. The van der Waals surface area contributed by atoms with Crippen LogP contribution in [-0.2, 0) is 0 Å². The first-order valence-corrected chi connectivity index (χ1v) is 4.49. The highest BCUT2D eigenvalue weighted by atomic mass is 28.1. The number of rotatable bonds is 0. The second-order valence-electron chi connectivity index (χ2n) is 2.98. The van der Waals surface area contributed by atoms with Crippen LogP contribution in [0.4, 0.5) is 0 Å². The molecule has 2 rings (SSSR count). The third kappa shape index (κ3) is 1.06. The van der Waals surface area contributed by atoms with Crippen molar-refractivity contribution < 1.29 is 0 Å². The number of benzene rings is 2. The summed E-state index contributed by atoms with van der Waals surface area (Å²) in [5.41, 5.74) is 1.28. The van der Waals surface area contributed by atoms with Gasteiger partial charge in [-0.25, -0.2) is 0 Å². The lowest BCUT2D eigenvalue weighted by atomic mass is 10.1. The van der Waals surface area contributed by atoms with Crippen LogP contribution in [0.15, 0.2) is 36.4 Å². The first-order chi connectivity index (χ1) is 5.79. The molecule has 0 atom stereocenters. The van der Waals surface area contributed by atoms with Crippen molar-refractivity contribution in [1.82, 2.24) is 0 Å². The summed E-state index contributed by atoms with van der Waals surface area (Å²) in [6.45, 7) is 2.11. The molecule has 0 aliphatic heterocycles. The minimum Gasteiger partial charge on any atom is -0.0616 e. The molecule has 0 nitrogen and oxygen atoms in total. The van der Waals surface area contributed by atoms with Crippen LogP contribution in [0.1, 0.15) is 5.56 Å². The van der Waals surface area contributed by atoms with Crippen molar-refractivity contribution in [3.05, 3.63) is 42.0 Å². The normalized spacial score (nSPS) is 10.5. The number of hydrogen-bond donors (Lipinski definition) is 0. The third-order valence-corrected chi connectivity index (χ3v) is 2.80. The van der Waals surface area contributed by atoms with Crippen LogP contribution in [-0.4, -0.2) is 10.2 Å². The van der Waals surface area contributed by atoms with Gasteiger partial charge in [-0.1, -0.05) is 47.1 Å². The Balaban J connectivity index is 2.91. The highest BCUT2D eigenvalue weighted by Gasteiger charge is 1.97. The molecular weight excluding hydrogens is 160 g/mol. The highest BCUT2D eigenvalue weighted by Crippen LogP contribution is 2.11. The fourth-order valence-corrected chi connectivity index (χ4v) is 1.69. The fourth-order valence-electron chi connectivity index (χ4n) is 1.38. The van der Waals surface area contributed by atoms with Crippen LogP contribution in [0, 0.1) is 6.92 Å². The molecule has 0 saturated carbocycles. The number of aryl methyl sites for hydroxylation is 1. The molecule has 0 aliphatic rings. The van der Waals surface area contributed by atoms with Crippen LogP contribution in [0.2, 0.25) is 0 Å². The molecule has 0 bridgehead atoms. The molecule has 0 unspecified atom stereocenters. The summed E-state index contributed by atoms with van der Waals surface area (Å²) < 4.78 is 0. The van der Waals surface area contributed by atoms with E-state index in [0.717, 1.165) is 0 Å². The summed E-state index contributed by atoms with van der Waals surface area (Å²) in [5, 5.41) is 3.77. The van der Waals surface area contributed by atoms with Gasteiger partial charge in [-0.05, 0) is 17.7 Å². The summed E-state index contributed by atoms with van der Waals surface area (Å²) in [4.78, 5) is 0. The van der Waals surface area contributed by atoms with Crippen molar-refractivity contribution in [1.29, 1.82) is 0 Å². The van der Waals surface area contributed by atoms with Crippen molar-refractivity contribution in [2.45, 2.75) is 6.92 Å². The van der Waals surface area contributed by atoms with Crippen LogP contribution in [0.25, 0.3) is 10.8 Å². The molecule has 2 aromatic carbocycles. The molecule has 0 fully saturated rings. The Morgan fingerprint density at radius 2 is 1.75 bits per heavy atom. The van der Waals surface area contributed by atoms with Crippen LogP contribution >= 0.6 is 0 Å². The Hall–Kier alpha value is -1.08. The van der Waals surface area contributed by atoms with Gasteiger partial charge in [0, 0.05) is 0 Å². The summed E-state index contributed by atoms with van der Waals surface area (Å²) >= 11 is 0. The fraction of sp³-hybridized carbons (Fsp3) is 0.0909. The van der Waals surface area contributed by atoms with Crippen molar-refractivity contribution in [3.63, 3.8) is 0 Å². The van der Waals surface area contributed by atoms with E-state index in [-0.39, 0.29) is 0 Å². The van der Waals surface area contributed by atoms with Gasteiger partial charge in [0.15, 0.2) is 0 Å². The Morgan fingerprint density at radius 1 is 1.00 bits per heavy atom. The largest absolute Gasteiger partial charge is 0.0724 e. The van der Waals surface area contributed by atoms with E-state index in [1.807, 2.05) is 0 Å². The van der Waals surface area contributed by atoms with E-state index in [0.29, 0.717) is 0 Å². The molecule has 2 aromatic rings. The molecule has 0 N–H and O–H groups in total. The van der Waals surface area contributed by atoms with Gasteiger partial charge >= 0.3 is 0 Å². The summed E-state index contributed by atoms with van der Waals surface area (Å²) in [6.07, 6.45) is 0. The molecular formula is C11H9Si. The zero-order valence-electron chi connectivity index (χ0n) is 6.96. The smallest absolute Gasteiger partial charge is 0.0616 e. The van der Waals surface area contributed by atoms with E-state index in [2.05, 4.69) is 53.6 Å². The van der Waals surface area contributed by atoms with Gasteiger partial charge in [0.1, 0.15) is 0 Å². The van der Waals surface area contributed by atoms with Gasteiger partial charge in [0.05, 0.1) is 10.2 Å². The number of hydrogen-bond acceptors (Lipinski definition) is 0. The monoisotopic (exact) mass is 169 g/mol. The topological polar surface area (TPSA) is 0 Å². The van der Waals surface area contributed by atoms with Gasteiger partial charge in [-0.15, -0.1) is 0 Å². The minimum absolute atomic E-state index is 1.20. The quantitative estimate of drug-likeness (QED) is 0.529. The molecule has 0 aromatic heterocycles. The average molecular weight is 169 g/mol. The van der Waals surface area contributed by atoms with Crippen LogP contribution < -0.4 is 5.19 Å². The van der Waals surface area contributed by atoms with Crippen molar-refractivity contribution in [2.75, 3.05) is 0 Å². The molecule has 1 heteroatoms. The maximum atomic E-state index is 3.63. The molecule has 3 radical (unpaired) electrons. The van der Waals surface area contributed by atoms with E-state index in [1.54, 1.807) is 0 Å². The zero-order chi connectivity index (χ0) is 8.55. The Morgan fingerprint density at radius 3 is 2.58 bits per heavy atom. The predicted molar refractivity (Wildman–Crippen MR) is 54.1 cm³/mol. The second kappa shape index (κ2) is 2.76. The maximum Gasteiger partial charge on any atom is 0.0724 e. The van der Waals surface area contributed by atoms with Crippen molar-refractivity contribution in [3.8, 4) is 0 Å². The van der Waals surface area contributed by atoms with E-state index in [1.165, 1.54) is 21.5 Å². The van der Waals surface area contributed by atoms with Gasteiger partial charge < -0.3 is 0 Å². The van der Waals surface area contributed by atoms with Gasteiger partial charge in [-0.2, -0.15) is 0 Å². The van der Waals surface area contributed by atoms with E-state index < -0.39 is 0 Å². The lowest BCUT2D eigenvalue weighted by Gasteiger charge is -2.04. The van der Waals surface area contributed by atoms with Crippen molar-refractivity contribution in [2.24, 2.45) is 0 Å². The Bertz CT molecular complexity index is 418. The van der Waals surface area contributed by atoms with Gasteiger partial charge in [0.25, 0.3) is 0 Å².